The summed E-state index contributed by atoms with van der Waals surface area (Å²) in [5, 5.41) is 0. The van der Waals surface area contributed by atoms with Crippen molar-refractivity contribution in [2.45, 2.75) is 6.92 Å². The average molecular weight is 289 g/mol. The summed E-state index contributed by atoms with van der Waals surface area (Å²) in [6, 6.07) is 3.89. The maximum Gasteiger partial charge on any atom is 0.419 e. The minimum Gasteiger partial charge on any atom is -0.408 e. The van der Waals surface area contributed by atoms with E-state index in [9.17, 15) is 4.79 Å². The van der Waals surface area contributed by atoms with Gasteiger partial charge in [-0.3, -0.25) is 4.57 Å². The Balaban J connectivity index is 3.03. The highest BCUT2D eigenvalue weighted by molar-refractivity contribution is 14.1. The minimum atomic E-state index is -0.305. The number of aryl methyl sites for hydroxylation is 2. The van der Waals surface area contributed by atoms with Gasteiger partial charge in [-0.15, -0.1) is 0 Å². The fourth-order valence-electron chi connectivity index (χ4n) is 1.47. The Bertz CT molecular complexity index is 524. The van der Waals surface area contributed by atoms with Gasteiger partial charge in [0.15, 0.2) is 5.58 Å². The Morgan fingerprint density at radius 3 is 2.85 bits per heavy atom. The van der Waals surface area contributed by atoms with Crippen LogP contribution < -0.4 is 5.76 Å². The van der Waals surface area contributed by atoms with Crippen molar-refractivity contribution in [3.05, 3.63) is 31.8 Å². The van der Waals surface area contributed by atoms with Gasteiger partial charge in [-0.05, 0) is 47.2 Å². The van der Waals surface area contributed by atoms with E-state index in [1.807, 2.05) is 19.1 Å². The Morgan fingerprint density at radius 2 is 2.15 bits per heavy atom. The van der Waals surface area contributed by atoms with Gasteiger partial charge in [0.05, 0.1) is 5.52 Å². The van der Waals surface area contributed by atoms with E-state index in [0.29, 0.717) is 5.58 Å². The van der Waals surface area contributed by atoms with Gasteiger partial charge in [0.25, 0.3) is 0 Å². The SMILES string of the molecule is Cc1cc(I)cc2oc(=O)n(C)c12. The van der Waals surface area contributed by atoms with Crippen molar-refractivity contribution >= 4 is 33.7 Å². The zero-order chi connectivity index (χ0) is 9.59. The van der Waals surface area contributed by atoms with Crippen LogP contribution in [0, 0.1) is 10.5 Å². The van der Waals surface area contributed by atoms with Crippen LogP contribution in [0.1, 0.15) is 5.56 Å². The molecule has 4 heteroatoms. The zero-order valence-corrected chi connectivity index (χ0v) is 9.45. The van der Waals surface area contributed by atoms with Gasteiger partial charge >= 0.3 is 5.76 Å². The van der Waals surface area contributed by atoms with E-state index >= 15 is 0 Å². The first-order chi connectivity index (χ1) is 6.09. The molecular weight excluding hydrogens is 281 g/mol. The van der Waals surface area contributed by atoms with Crippen molar-refractivity contribution in [2.75, 3.05) is 0 Å². The highest BCUT2D eigenvalue weighted by Gasteiger charge is 2.08. The van der Waals surface area contributed by atoms with Crippen molar-refractivity contribution in [3.63, 3.8) is 0 Å². The fourth-order valence-corrected chi connectivity index (χ4v) is 2.22. The number of oxazole rings is 1. The molecule has 1 aromatic heterocycles. The van der Waals surface area contributed by atoms with E-state index in [1.54, 1.807) is 7.05 Å². The van der Waals surface area contributed by atoms with Gasteiger partial charge in [0, 0.05) is 10.6 Å². The Kier molecular flexibility index (Phi) is 1.94. The second-order valence-electron chi connectivity index (χ2n) is 3.00. The predicted molar refractivity (Wildman–Crippen MR) is 58.9 cm³/mol. The summed E-state index contributed by atoms with van der Waals surface area (Å²) < 4.78 is 7.67. The Labute approximate surface area is 88.5 Å². The van der Waals surface area contributed by atoms with E-state index in [1.165, 1.54) is 4.57 Å². The van der Waals surface area contributed by atoms with Crippen LogP contribution in [0.4, 0.5) is 0 Å². The number of hydrogen-bond acceptors (Lipinski definition) is 2. The van der Waals surface area contributed by atoms with Crippen LogP contribution >= 0.6 is 22.6 Å². The first-order valence-electron chi connectivity index (χ1n) is 3.85. The number of fused-ring (bicyclic) bond motifs is 1. The van der Waals surface area contributed by atoms with Gasteiger partial charge in [0.1, 0.15) is 0 Å². The number of hydrogen-bond donors (Lipinski definition) is 0. The lowest BCUT2D eigenvalue weighted by molar-refractivity contribution is 0.528. The summed E-state index contributed by atoms with van der Waals surface area (Å²) in [5.41, 5.74) is 2.61. The number of nitrogens with zero attached hydrogens (tertiary/aromatic N) is 1. The number of rotatable bonds is 0. The zero-order valence-electron chi connectivity index (χ0n) is 7.30. The highest BCUT2D eigenvalue weighted by Crippen LogP contribution is 2.19. The quantitative estimate of drug-likeness (QED) is 0.696. The third-order valence-electron chi connectivity index (χ3n) is 2.04. The molecule has 2 rings (SSSR count). The molecular formula is C9H8INO2. The van der Waals surface area contributed by atoms with Gasteiger partial charge in [-0.2, -0.15) is 0 Å². The summed E-state index contributed by atoms with van der Waals surface area (Å²) in [4.78, 5) is 11.2. The van der Waals surface area contributed by atoms with E-state index in [0.717, 1.165) is 14.7 Å². The van der Waals surface area contributed by atoms with Crippen molar-refractivity contribution in [1.29, 1.82) is 0 Å². The van der Waals surface area contributed by atoms with Crippen LogP contribution in [-0.2, 0) is 7.05 Å². The molecule has 3 nitrogen and oxygen atoms in total. The number of aromatic nitrogens is 1. The summed E-state index contributed by atoms with van der Waals surface area (Å²) in [7, 11) is 1.72. The molecule has 0 bridgehead atoms. The van der Waals surface area contributed by atoms with Crippen LogP contribution in [0.2, 0.25) is 0 Å². The summed E-state index contributed by atoms with van der Waals surface area (Å²) in [6.07, 6.45) is 0. The van der Waals surface area contributed by atoms with Gasteiger partial charge in [0.2, 0.25) is 0 Å². The van der Waals surface area contributed by atoms with Crippen LogP contribution in [-0.4, -0.2) is 4.57 Å². The van der Waals surface area contributed by atoms with Crippen LogP contribution in [0.3, 0.4) is 0 Å². The van der Waals surface area contributed by atoms with E-state index in [4.69, 9.17) is 4.42 Å². The molecule has 0 amide bonds. The first kappa shape index (κ1) is 8.80. The fraction of sp³-hybridized carbons (Fsp3) is 0.222. The summed E-state index contributed by atoms with van der Waals surface area (Å²) in [5.74, 6) is -0.305. The summed E-state index contributed by atoms with van der Waals surface area (Å²) >= 11 is 2.20. The molecule has 0 aliphatic carbocycles. The standard InChI is InChI=1S/C9H8INO2/c1-5-3-6(10)4-7-8(5)11(2)9(12)13-7/h3-4H,1-2H3. The molecule has 2 aromatic rings. The molecule has 0 saturated carbocycles. The lowest BCUT2D eigenvalue weighted by Crippen LogP contribution is -2.08. The molecule has 0 saturated heterocycles. The molecule has 0 spiro atoms. The number of benzene rings is 1. The predicted octanol–water partition coefficient (Wildman–Crippen LogP) is 2.04. The first-order valence-corrected chi connectivity index (χ1v) is 4.93. The molecule has 68 valence electrons. The van der Waals surface area contributed by atoms with Gasteiger partial charge in [-0.25, -0.2) is 4.79 Å². The molecule has 1 heterocycles. The normalized spacial score (nSPS) is 11.0. The molecule has 0 fully saturated rings. The van der Waals surface area contributed by atoms with Crippen molar-refractivity contribution in [2.24, 2.45) is 7.05 Å². The molecule has 0 atom stereocenters. The third kappa shape index (κ3) is 1.29. The van der Waals surface area contributed by atoms with Crippen molar-refractivity contribution in [3.8, 4) is 0 Å². The average Bonchev–Trinajstić information content (AvgIpc) is 2.27. The van der Waals surface area contributed by atoms with E-state index < -0.39 is 0 Å². The second kappa shape index (κ2) is 2.87. The van der Waals surface area contributed by atoms with Gasteiger partial charge < -0.3 is 4.42 Å². The lowest BCUT2D eigenvalue weighted by Gasteiger charge is -1.97. The van der Waals surface area contributed by atoms with E-state index in [2.05, 4.69) is 22.6 Å². The molecule has 0 radical (unpaired) electrons. The molecule has 0 unspecified atom stereocenters. The van der Waals surface area contributed by atoms with Gasteiger partial charge in [-0.1, -0.05) is 0 Å². The molecule has 0 N–H and O–H groups in total. The lowest BCUT2D eigenvalue weighted by atomic mass is 10.2. The molecule has 13 heavy (non-hydrogen) atoms. The largest absolute Gasteiger partial charge is 0.419 e. The summed E-state index contributed by atoms with van der Waals surface area (Å²) in [6.45, 7) is 1.97. The smallest absolute Gasteiger partial charge is 0.408 e. The molecule has 0 aliphatic heterocycles. The molecule has 1 aromatic carbocycles. The van der Waals surface area contributed by atoms with Crippen LogP contribution in [0.15, 0.2) is 21.3 Å². The monoisotopic (exact) mass is 289 g/mol. The maximum atomic E-state index is 11.2. The van der Waals surface area contributed by atoms with Crippen LogP contribution in [0.25, 0.3) is 11.1 Å². The minimum absolute atomic E-state index is 0.305. The third-order valence-corrected chi connectivity index (χ3v) is 2.66. The topological polar surface area (TPSA) is 35.1 Å². The van der Waals surface area contributed by atoms with Crippen molar-refractivity contribution < 1.29 is 4.42 Å². The van der Waals surface area contributed by atoms with Crippen LogP contribution in [0.5, 0.6) is 0 Å². The van der Waals surface area contributed by atoms with E-state index in [-0.39, 0.29) is 5.76 Å². The van der Waals surface area contributed by atoms with Crippen molar-refractivity contribution in [1.82, 2.24) is 4.57 Å². The highest BCUT2D eigenvalue weighted by atomic mass is 127. The maximum absolute atomic E-state index is 11.2. The Morgan fingerprint density at radius 1 is 1.46 bits per heavy atom. The molecule has 0 aliphatic rings. The Hall–Kier alpha value is -0.780. The second-order valence-corrected chi connectivity index (χ2v) is 4.24. The number of halogens is 1.